The first-order valence-electron chi connectivity index (χ1n) is 2.58. The van der Waals surface area contributed by atoms with Crippen LogP contribution in [0.15, 0.2) is 24.3 Å². The van der Waals surface area contributed by atoms with Gasteiger partial charge in [0.1, 0.15) is 0 Å². The summed E-state index contributed by atoms with van der Waals surface area (Å²) in [6, 6.07) is 0. The van der Waals surface area contributed by atoms with Crippen molar-refractivity contribution in [3.05, 3.63) is 30.7 Å². The van der Waals surface area contributed by atoms with Gasteiger partial charge in [-0.15, -0.1) is 0 Å². The second-order valence-corrected chi connectivity index (χ2v) is 1.82. The molecular formula is C7H10O. The van der Waals surface area contributed by atoms with Gasteiger partial charge in [0, 0.05) is 0 Å². The zero-order chi connectivity index (χ0) is 5.11. The number of rotatable bonds is 0. The fraction of sp³-hybridized carbons (Fsp3) is 0.286. The van der Waals surface area contributed by atoms with Crippen molar-refractivity contribution in [1.82, 2.24) is 0 Å². The van der Waals surface area contributed by atoms with Gasteiger partial charge < -0.3 is 0 Å². The fourth-order valence-electron chi connectivity index (χ4n) is 0.607. The second kappa shape index (κ2) is 3.44. The first kappa shape index (κ1) is 7.44. The Balaban J connectivity index is 0.000000490. The lowest BCUT2D eigenvalue weighted by Gasteiger charge is -2.01. The molecule has 1 N–H and O–H groups in total. The summed E-state index contributed by atoms with van der Waals surface area (Å²) in [7, 11) is 0. The largest absolute Gasteiger partial charge is 0.255 e. The minimum absolute atomic E-state index is 0. The van der Waals surface area contributed by atoms with Crippen molar-refractivity contribution in [3.8, 4) is 0 Å². The summed E-state index contributed by atoms with van der Waals surface area (Å²) in [6.07, 6.45) is 10.5. The number of hydrogen-bond acceptors (Lipinski definition) is 0. The van der Waals surface area contributed by atoms with Crippen LogP contribution in [0.5, 0.6) is 0 Å². The minimum atomic E-state index is 0. The molecule has 1 unspecified atom stereocenters. The van der Waals surface area contributed by atoms with E-state index in [9.17, 15) is 0 Å². The minimum Gasteiger partial charge on any atom is -0.255 e. The number of allylic oxidation sites excluding steroid dienone is 4. The molecule has 0 aromatic heterocycles. The zero-order valence-corrected chi connectivity index (χ0v) is 4.91. The monoisotopic (exact) mass is 110 g/mol. The molecule has 0 saturated heterocycles. The van der Waals surface area contributed by atoms with Gasteiger partial charge >= 0.3 is 0 Å². The average Bonchev–Trinajstić information content (AvgIpc) is 1.69. The van der Waals surface area contributed by atoms with Gasteiger partial charge in [-0.05, 0) is 12.3 Å². The standard InChI is InChI=1S/C7H9.HO/c1-7-5-3-2-4-6-7;/h2-7H,1H3;1H. The summed E-state index contributed by atoms with van der Waals surface area (Å²) >= 11 is 0. The third-order valence-electron chi connectivity index (χ3n) is 1.05. The van der Waals surface area contributed by atoms with Crippen LogP contribution in [0.2, 0.25) is 0 Å². The predicted molar refractivity (Wildman–Crippen MR) is 33.7 cm³/mol. The van der Waals surface area contributed by atoms with Gasteiger partial charge in [-0.3, -0.25) is 5.48 Å². The van der Waals surface area contributed by atoms with E-state index in [2.05, 4.69) is 31.6 Å². The van der Waals surface area contributed by atoms with E-state index in [4.69, 9.17) is 0 Å². The van der Waals surface area contributed by atoms with E-state index in [-0.39, 0.29) is 5.48 Å². The lowest BCUT2D eigenvalue weighted by atomic mass is 10.0. The van der Waals surface area contributed by atoms with Crippen molar-refractivity contribution in [2.45, 2.75) is 6.92 Å². The maximum Gasteiger partial charge on any atom is -0.0101 e. The van der Waals surface area contributed by atoms with Crippen LogP contribution in [-0.4, -0.2) is 5.48 Å². The van der Waals surface area contributed by atoms with Crippen molar-refractivity contribution in [3.63, 3.8) is 0 Å². The molecular weight excluding hydrogens is 100 g/mol. The molecule has 1 nitrogen and oxygen atoms in total. The second-order valence-electron chi connectivity index (χ2n) is 1.82. The quantitative estimate of drug-likeness (QED) is 0.492. The topological polar surface area (TPSA) is 30.0 Å². The molecule has 1 heteroatoms. The molecule has 0 amide bonds. The van der Waals surface area contributed by atoms with E-state index in [0.29, 0.717) is 5.92 Å². The maximum atomic E-state index is 2.17. The smallest absolute Gasteiger partial charge is 0.0101 e. The Morgan fingerprint density at radius 1 is 1.12 bits per heavy atom. The van der Waals surface area contributed by atoms with Crippen LogP contribution in [0.3, 0.4) is 0 Å². The summed E-state index contributed by atoms with van der Waals surface area (Å²) in [5.41, 5.74) is 0. The van der Waals surface area contributed by atoms with E-state index >= 15 is 0 Å². The molecule has 0 bridgehead atoms. The SMILES string of the molecule is CC1[CH]C=CC=C1.[OH]. The van der Waals surface area contributed by atoms with E-state index in [1.54, 1.807) is 0 Å². The molecule has 0 aromatic carbocycles. The molecule has 0 heterocycles. The zero-order valence-electron chi connectivity index (χ0n) is 4.91. The van der Waals surface area contributed by atoms with Crippen LogP contribution >= 0.6 is 0 Å². The van der Waals surface area contributed by atoms with E-state index in [1.807, 2.05) is 6.08 Å². The average molecular weight is 110 g/mol. The van der Waals surface area contributed by atoms with Gasteiger partial charge in [-0.25, -0.2) is 0 Å². The molecule has 0 saturated carbocycles. The molecule has 8 heavy (non-hydrogen) atoms. The summed E-state index contributed by atoms with van der Waals surface area (Å²) in [6.45, 7) is 2.17. The van der Waals surface area contributed by atoms with Crippen LogP contribution in [-0.2, 0) is 0 Å². The van der Waals surface area contributed by atoms with Crippen molar-refractivity contribution in [1.29, 1.82) is 0 Å². The lowest BCUT2D eigenvalue weighted by molar-refractivity contribution is 0.824. The van der Waals surface area contributed by atoms with Gasteiger partial charge in [0.15, 0.2) is 0 Å². The molecule has 0 fully saturated rings. The molecule has 1 atom stereocenters. The first-order chi connectivity index (χ1) is 3.39. The van der Waals surface area contributed by atoms with Crippen LogP contribution in [0, 0.1) is 12.3 Å². The molecule has 1 aliphatic carbocycles. The number of hydrogen-bond donors (Lipinski definition) is 1. The van der Waals surface area contributed by atoms with Gasteiger partial charge in [-0.1, -0.05) is 31.2 Å². The van der Waals surface area contributed by atoms with E-state index < -0.39 is 0 Å². The normalized spacial score (nSPS) is 24.9. The highest BCUT2D eigenvalue weighted by Gasteiger charge is 1.93. The predicted octanol–water partition coefficient (Wildman–Crippen LogP) is 1.78. The van der Waals surface area contributed by atoms with Crippen LogP contribution in [0.4, 0.5) is 0 Å². The molecule has 0 aromatic rings. The van der Waals surface area contributed by atoms with Crippen molar-refractivity contribution in [2.24, 2.45) is 5.92 Å². The highest BCUT2D eigenvalue weighted by atomic mass is 16.0. The summed E-state index contributed by atoms with van der Waals surface area (Å²) in [4.78, 5) is 0. The lowest BCUT2D eigenvalue weighted by Crippen LogP contribution is -1.88. The Morgan fingerprint density at radius 3 is 2.12 bits per heavy atom. The molecule has 0 spiro atoms. The van der Waals surface area contributed by atoms with E-state index in [1.165, 1.54) is 0 Å². The molecule has 2 radical (unpaired) electrons. The van der Waals surface area contributed by atoms with Gasteiger partial charge in [0.2, 0.25) is 0 Å². The van der Waals surface area contributed by atoms with Crippen LogP contribution in [0.25, 0.3) is 0 Å². The van der Waals surface area contributed by atoms with Gasteiger partial charge in [0.05, 0.1) is 0 Å². The van der Waals surface area contributed by atoms with E-state index in [0.717, 1.165) is 0 Å². The van der Waals surface area contributed by atoms with Gasteiger partial charge in [0.25, 0.3) is 0 Å². The third kappa shape index (κ3) is 1.94. The first-order valence-corrected chi connectivity index (χ1v) is 2.58. The maximum absolute atomic E-state index is 2.17. The molecule has 1 aliphatic rings. The van der Waals surface area contributed by atoms with Crippen LogP contribution < -0.4 is 0 Å². The molecule has 1 rings (SSSR count). The Hall–Kier alpha value is -0.560. The molecule has 0 aliphatic heterocycles. The highest BCUT2D eigenvalue weighted by Crippen LogP contribution is 2.07. The Morgan fingerprint density at radius 2 is 1.88 bits per heavy atom. The third-order valence-corrected chi connectivity index (χ3v) is 1.05. The van der Waals surface area contributed by atoms with Gasteiger partial charge in [-0.2, -0.15) is 0 Å². The Labute approximate surface area is 50.0 Å². The Bertz CT molecular complexity index is 103. The Kier molecular flexibility index (Phi) is 3.20. The summed E-state index contributed by atoms with van der Waals surface area (Å²) in [5.74, 6) is 0.644. The van der Waals surface area contributed by atoms with Crippen molar-refractivity contribution < 1.29 is 5.48 Å². The van der Waals surface area contributed by atoms with Crippen molar-refractivity contribution >= 4 is 0 Å². The van der Waals surface area contributed by atoms with Crippen LogP contribution in [0.1, 0.15) is 6.92 Å². The summed E-state index contributed by atoms with van der Waals surface area (Å²) in [5, 5.41) is 0. The fourth-order valence-corrected chi connectivity index (χ4v) is 0.607. The van der Waals surface area contributed by atoms with Crippen molar-refractivity contribution in [2.75, 3.05) is 0 Å². The molecule has 44 valence electrons. The highest BCUT2D eigenvalue weighted by molar-refractivity contribution is 5.17. The summed E-state index contributed by atoms with van der Waals surface area (Å²) < 4.78 is 0.